The van der Waals surface area contributed by atoms with Crippen molar-refractivity contribution in [3.63, 3.8) is 0 Å². The molecule has 0 spiro atoms. The topological polar surface area (TPSA) is 99.4 Å². The van der Waals surface area contributed by atoms with Crippen LogP contribution in [0.3, 0.4) is 0 Å². The number of thioether (sulfide) groups is 1. The van der Waals surface area contributed by atoms with Crippen molar-refractivity contribution >= 4 is 56.8 Å². The molecule has 36 heavy (non-hydrogen) atoms. The highest BCUT2D eigenvalue weighted by Crippen LogP contribution is 2.48. The molecule has 1 fully saturated rings. The summed E-state index contributed by atoms with van der Waals surface area (Å²) >= 11 is 7.57. The van der Waals surface area contributed by atoms with Crippen LogP contribution < -0.4 is 9.64 Å². The first-order chi connectivity index (χ1) is 17.3. The highest BCUT2D eigenvalue weighted by atomic mass is 35.5. The van der Waals surface area contributed by atoms with Crippen LogP contribution in [-0.2, 0) is 4.79 Å². The van der Waals surface area contributed by atoms with E-state index in [1.165, 1.54) is 36.0 Å². The number of benzene rings is 1. The predicted molar refractivity (Wildman–Crippen MR) is 135 cm³/mol. The number of halogens is 2. The molecule has 3 amide bonds. The van der Waals surface area contributed by atoms with Crippen molar-refractivity contribution < 1.29 is 18.7 Å². The number of anilines is 1. The standard InChI is InChI=1S/C25H19ClFN5O3S/c1-13-4-5-14-11-29-12-19(22(14)30-13)32-24(33)23-18(31(25(32)34)7-3-6-28)10-21(36-23)15-8-20(35-2)17(27)9-16(15)26/h4-5,8-12,18,23H,3,7H2,1-2H3. The number of aromatic nitrogens is 2. The molecule has 3 aromatic rings. The van der Waals surface area contributed by atoms with Crippen LogP contribution in [0.1, 0.15) is 17.7 Å². The molecular weight excluding hydrogens is 505 g/mol. The Bertz CT molecular complexity index is 1490. The number of hydrogen-bond acceptors (Lipinski definition) is 7. The zero-order chi connectivity index (χ0) is 25.6. The molecule has 1 saturated heterocycles. The second-order valence-corrected chi connectivity index (χ2v) is 9.86. The molecule has 5 rings (SSSR count). The summed E-state index contributed by atoms with van der Waals surface area (Å²) < 4.78 is 19.2. The maximum atomic E-state index is 14.1. The summed E-state index contributed by atoms with van der Waals surface area (Å²) in [5.41, 5.74) is 1.98. The van der Waals surface area contributed by atoms with E-state index in [1.807, 2.05) is 19.1 Å². The van der Waals surface area contributed by atoms with E-state index in [0.29, 0.717) is 21.4 Å². The van der Waals surface area contributed by atoms with Gasteiger partial charge in [-0.2, -0.15) is 5.26 Å². The van der Waals surface area contributed by atoms with Gasteiger partial charge in [0.15, 0.2) is 11.6 Å². The third-order valence-electron chi connectivity index (χ3n) is 6.08. The highest BCUT2D eigenvalue weighted by Gasteiger charge is 2.50. The number of hydrogen-bond donors (Lipinski definition) is 0. The summed E-state index contributed by atoms with van der Waals surface area (Å²) in [6.07, 6.45) is 4.92. The van der Waals surface area contributed by atoms with Crippen LogP contribution in [0.5, 0.6) is 5.75 Å². The first kappa shape index (κ1) is 24.0. The normalized spacial score (nSPS) is 19.4. The summed E-state index contributed by atoms with van der Waals surface area (Å²) in [4.78, 5) is 39.5. The lowest BCUT2D eigenvalue weighted by Crippen LogP contribution is -2.62. The fourth-order valence-corrected chi connectivity index (χ4v) is 6.04. The minimum atomic E-state index is -0.705. The predicted octanol–water partition coefficient (Wildman–Crippen LogP) is 4.95. The minimum absolute atomic E-state index is 0.0133. The summed E-state index contributed by atoms with van der Waals surface area (Å²) in [5.74, 6) is -1.02. The zero-order valence-electron chi connectivity index (χ0n) is 19.2. The largest absolute Gasteiger partial charge is 0.494 e. The van der Waals surface area contributed by atoms with Gasteiger partial charge in [0.1, 0.15) is 5.25 Å². The van der Waals surface area contributed by atoms with Gasteiger partial charge in [-0.25, -0.2) is 14.1 Å². The molecule has 0 N–H and O–H groups in total. The Kier molecular flexibility index (Phi) is 6.28. The molecule has 2 aromatic heterocycles. The Labute approximate surface area is 215 Å². The number of methoxy groups -OCH3 is 1. The van der Waals surface area contributed by atoms with Crippen molar-refractivity contribution in [2.75, 3.05) is 18.6 Å². The maximum Gasteiger partial charge on any atom is 0.332 e. The monoisotopic (exact) mass is 523 g/mol. The van der Waals surface area contributed by atoms with Gasteiger partial charge in [-0.15, -0.1) is 11.8 Å². The number of aryl methyl sites for hydroxylation is 1. The van der Waals surface area contributed by atoms with E-state index >= 15 is 0 Å². The third kappa shape index (κ3) is 3.94. The van der Waals surface area contributed by atoms with E-state index in [-0.39, 0.29) is 29.4 Å². The van der Waals surface area contributed by atoms with Crippen LogP contribution in [0.4, 0.5) is 14.9 Å². The van der Waals surface area contributed by atoms with Gasteiger partial charge in [-0.3, -0.25) is 14.8 Å². The molecule has 0 saturated carbocycles. The van der Waals surface area contributed by atoms with Crippen LogP contribution >= 0.6 is 23.4 Å². The van der Waals surface area contributed by atoms with Gasteiger partial charge in [0, 0.05) is 34.3 Å². The number of fused-ring (bicyclic) bond motifs is 2. The Hall–Kier alpha value is -3.68. The quantitative estimate of drug-likeness (QED) is 0.466. The summed E-state index contributed by atoms with van der Waals surface area (Å²) in [7, 11) is 1.35. The fourth-order valence-electron chi connectivity index (χ4n) is 4.37. The number of ether oxygens (including phenoxy) is 1. The van der Waals surface area contributed by atoms with Gasteiger partial charge < -0.3 is 9.64 Å². The summed E-state index contributed by atoms with van der Waals surface area (Å²) in [6, 6.07) is 7.17. The SMILES string of the molecule is COc1cc(C2=CC3C(S2)C(=O)N(c2cncc4ccc(C)nc24)C(=O)N3CCC#N)c(Cl)cc1F. The molecule has 2 aliphatic rings. The van der Waals surface area contributed by atoms with E-state index < -0.39 is 29.0 Å². The molecular formula is C25H19ClFN5O3S. The van der Waals surface area contributed by atoms with Gasteiger partial charge in [-0.05, 0) is 37.3 Å². The maximum absolute atomic E-state index is 14.1. The zero-order valence-corrected chi connectivity index (χ0v) is 20.8. The first-order valence-electron chi connectivity index (χ1n) is 11.0. The lowest BCUT2D eigenvalue weighted by Gasteiger charge is -2.40. The lowest BCUT2D eigenvalue weighted by molar-refractivity contribution is -0.119. The average molecular weight is 524 g/mol. The minimum Gasteiger partial charge on any atom is -0.494 e. The van der Waals surface area contributed by atoms with Crippen molar-refractivity contribution in [3.05, 3.63) is 64.8 Å². The number of nitrogens with zero attached hydrogens (tertiary/aromatic N) is 5. The molecule has 11 heteroatoms. The van der Waals surface area contributed by atoms with Crippen molar-refractivity contribution in [3.8, 4) is 11.8 Å². The van der Waals surface area contributed by atoms with Gasteiger partial charge >= 0.3 is 6.03 Å². The van der Waals surface area contributed by atoms with E-state index in [0.717, 1.165) is 16.7 Å². The number of imide groups is 1. The molecule has 8 nitrogen and oxygen atoms in total. The van der Waals surface area contributed by atoms with Crippen LogP contribution in [0.15, 0.2) is 42.7 Å². The third-order valence-corrected chi connectivity index (χ3v) is 7.74. The Balaban J connectivity index is 1.60. The fraction of sp³-hybridized carbons (Fsp3) is 0.240. The Morgan fingerprint density at radius 3 is 2.83 bits per heavy atom. The molecule has 2 aliphatic heterocycles. The first-order valence-corrected chi connectivity index (χ1v) is 12.2. The Morgan fingerprint density at radius 2 is 2.08 bits per heavy atom. The average Bonchev–Trinajstić information content (AvgIpc) is 3.29. The van der Waals surface area contributed by atoms with Gasteiger partial charge in [0.05, 0.1) is 48.1 Å². The van der Waals surface area contributed by atoms with Crippen molar-refractivity contribution in [1.82, 2.24) is 14.9 Å². The molecule has 182 valence electrons. The van der Waals surface area contributed by atoms with Crippen LogP contribution in [0.2, 0.25) is 5.02 Å². The van der Waals surface area contributed by atoms with E-state index in [2.05, 4.69) is 16.0 Å². The van der Waals surface area contributed by atoms with Crippen LogP contribution in [-0.4, -0.2) is 51.8 Å². The molecule has 2 atom stereocenters. The summed E-state index contributed by atoms with van der Waals surface area (Å²) in [6.45, 7) is 1.94. The molecule has 2 unspecified atom stereocenters. The molecule has 0 bridgehead atoms. The molecule has 0 aliphatic carbocycles. The van der Waals surface area contributed by atoms with Crippen LogP contribution in [0, 0.1) is 24.1 Å². The number of pyridine rings is 2. The number of nitriles is 1. The number of carbonyl (C=O) groups excluding carboxylic acids is 2. The highest BCUT2D eigenvalue weighted by molar-refractivity contribution is 8.09. The summed E-state index contributed by atoms with van der Waals surface area (Å²) in [5, 5.41) is 9.34. The molecule has 0 radical (unpaired) electrons. The number of urea groups is 1. The lowest BCUT2D eigenvalue weighted by atomic mass is 10.0. The van der Waals surface area contributed by atoms with Gasteiger partial charge in [0.2, 0.25) is 0 Å². The Morgan fingerprint density at radius 1 is 1.28 bits per heavy atom. The second kappa shape index (κ2) is 9.41. The molecule has 4 heterocycles. The number of rotatable bonds is 5. The van der Waals surface area contributed by atoms with Crippen molar-refractivity contribution in [2.45, 2.75) is 24.6 Å². The van der Waals surface area contributed by atoms with E-state index in [9.17, 15) is 19.2 Å². The van der Waals surface area contributed by atoms with Crippen molar-refractivity contribution in [2.24, 2.45) is 0 Å². The van der Waals surface area contributed by atoms with E-state index in [1.54, 1.807) is 12.3 Å². The molecule has 1 aromatic carbocycles. The van der Waals surface area contributed by atoms with E-state index in [4.69, 9.17) is 16.3 Å². The van der Waals surface area contributed by atoms with Crippen molar-refractivity contribution in [1.29, 1.82) is 5.26 Å². The van der Waals surface area contributed by atoms with Crippen LogP contribution in [0.25, 0.3) is 15.8 Å². The number of amides is 3. The number of carbonyl (C=O) groups is 2. The van der Waals surface area contributed by atoms with Gasteiger partial charge in [-0.1, -0.05) is 11.6 Å². The van der Waals surface area contributed by atoms with Gasteiger partial charge in [0.25, 0.3) is 5.91 Å². The smallest absolute Gasteiger partial charge is 0.332 e. The second-order valence-electron chi connectivity index (χ2n) is 8.27.